The molecule has 0 saturated heterocycles. The average Bonchev–Trinajstić information content (AvgIpc) is 2.83. The molecular formula is C29H35F3O2. The van der Waals surface area contributed by atoms with Crippen LogP contribution < -0.4 is 0 Å². The molecule has 2 nitrogen and oxygen atoms in total. The Morgan fingerprint density at radius 1 is 0.882 bits per heavy atom. The van der Waals surface area contributed by atoms with Crippen LogP contribution >= 0.6 is 0 Å². The first-order valence-electron chi connectivity index (χ1n) is 10.9. The third kappa shape index (κ3) is 8.68. The summed E-state index contributed by atoms with van der Waals surface area (Å²) in [4.78, 5) is 0. The van der Waals surface area contributed by atoms with Gasteiger partial charge in [0.05, 0.1) is 5.56 Å². The van der Waals surface area contributed by atoms with E-state index in [1.54, 1.807) is 20.3 Å². The van der Waals surface area contributed by atoms with Gasteiger partial charge in [0.1, 0.15) is 6.79 Å². The van der Waals surface area contributed by atoms with E-state index >= 15 is 0 Å². The van der Waals surface area contributed by atoms with Crippen LogP contribution in [-0.2, 0) is 34.9 Å². The number of aryl methyl sites for hydroxylation is 3. The Morgan fingerprint density at radius 2 is 1.59 bits per heavy atom. The molecule has 0 fully saturated rings. The summed E-state index contributed by atoms with van der Waals surface area (Å²) < 4.78 is 47.6. The molecule has 0 bridgehead atoms. The molecule has 3 aromatic rings. The van der Waals surface area contributed by atoms with Gasteiger partial charge in [-0.05, 0) is 53.6 Å². The van der Waals surface area contributed by atoms with Gasteiger partial charge in [0, 0.05) is 29.1 Å². The Morgan fingerprint density at radius 3 is 2.15 bits per heavy atom. The minimum atomic E-state index is -4.30. The number of rotatable bonds is 8. The van der Waals surface area contributed by atoms with Crippen LogP contribution in [0.4, 0.5) is 13.2 Å². The molecule has 34 heavy (non-hydrogen) atoms. The molecule has 0 amide bonds. The highest BCUT2D eigenvalue weighted by Crippen LogP contribution is 2.30. The first-order valence-corrected chi connectivity index (χ1v) is 10.9. The lowest BCUT2D eigenvalue weighted by Gasteiger charge is -2.12. The van der Waals surface area contributed by atoms with Gasteiger partial charge in [-0.15, -0.1) is 5.73 Å². The Balaban J connectivity index is 0.00000160. The van der Waals surface area contributed by atoms with Crippen molar-refractivity contribution in [3.63, 3.8) is 0 Å². The normalized spacial score (nSPS) is 10.8. The lowest BCUT2D eigenvalue weighted by molar-refractivity contribution is -0.137. The molecule has 3 aromatic carbocycles. The molecule has 0 aliphatic heterocycles. The molecule has 0 heterocycles. The van der Waals surface area contributed by atoms with Crippen molar-refractivity contribution in [2.45, 2.75) is 32.4 Å². The summed E-state index contributed by atoms with van der Waals surface area (Å²) in [5.41, 5.74) is 8.76. The van der Waals surface area contributed by atoms with Crippen LogP contribution in [0, 0.1) is 6.92 Å². The Kier molecular flexibility index (Phi) is 10.8. The SMILES string of the molecule is C=C=C(Cc1ccc(CCc2cccc(C(F)(F)F)c2)c(C)c1)c1ccccc1.COCOC.[HH].[HH]. The average molecular weight is 473 g/mol. The first kappa shape index (κ1) is 27.1. The predicted molar refractivity (Wildman–Crippen MR) is 136 cm³/mol. The monoisotopic (exact) mass is 472 g/mol. The van der Waals surface area contributed by atoms with E-state index in [1.165, 1.54) is 17.7 Å². The van der Waals surface area contributed by atoms with E-state index < -0.39 is 11.7 Å². The fourth-order valence-electron chi connectivity index (χ4n) is 3.56. The van der Waals surface area contributed by atoms with Crippen molar-refractivity contribution < 1.29 is 25.5 Å². The molecule has 184 valence electrons. The zero-order chi connectivity index (χ0) is 25.0. The Hall–Kier alpha value is -3.11. The van der Waals surface area contributed by atoms with Crippen LogP contribution in [0.3, 0.4) is 0 Å². The first-order chi connectivity index (χ1) is 16.3. The minimum absolute atomic E-state index is 0. The van der Waals surface area contributed by atoms with Gasteiger partial charge in [0.2, 0.25) is 0 Å². The molecule has 0 unspecified atom stereocenters. The smallest absolute Gasteiger partial charge is 0.359 e. The van der Waals surface area contributed by atoms with Gasteiger partial charge >= 0.3 is 6.18 Å². The van der Waals surface area contributed by atoms with Crippen LogP contribution in [0.25, 0.3) is 5.57 Å². The second kappa shape index (κ2) is 13.6. The van der Waals surface area contributed by atoms with E-state index in [4.69, 9.17) is 0 Å². The van der Waals surface area contributed by atoms with Crippen molar-refractivity contribution in [2.24, 2.45) is 0 Å². The van der Waals surface area contributed by atoms with Crippen molar-refractivity contribution in [2.75, 3.05) is 21.0 Å². The molecule has 5 heteroatoms. The number of ether oxygens (including phenoxy) is 2. The maximum Gasteiger partial charge on any atom is 0.416 e. The van der Waals surface area contributed by atoms with Gasteiger partial charge in [-0.1, -0.05) is 73.3 Å². The summed E-state index contributed by atoms with van der Waals surface area (Å²) in [5.74, 6) is 0. The zero-order valence-electron chi connectivity index (χ0n) is 19.9. The van der Waals surface area contributed by atoms with Gasteiger partial charge in [0.15, 0.2) is 0 Å². The highest BCUT2D eigenvalue weighted by atomic mass is 19.4. The number of methoxy groups -OCH3 is 2. The second-order valence-corrected chi connectivity index (χ2v) is 7.85. The predicted octanol–water partition coefficient (Wildman–Crippen LogP) is 7.94. The second-order valence-electron chi connectivity index (χ2n) is 7.85. The molecule has 0 aliphatic carbocycles. The standard InChI is InChI=1S/C26H23F3.C3H8O2.2H2/c1-3-22(24-9-5-4-6-10-24)17-21-13-15-23(19(2)16-21)14-12-20-8-7-11-25(18-20)26(27,28)29;1-4-3-5-2;;/h4-11,13,15-16,18H,1,12,14,17H2,2H3;3H2,1-2H3;2*1H. The van der Waals surface area contributed by atoms with Crippen molar-refractivity contribution in [3.05, 3.63) is 118 Å². The van der Waals surface area contributed by atoms with E-state index in [2.05, 4.69) is 40.0 Å². The topological polar surface area (TPSA) is 18.5 Å². The minimum Gasteiger partial charge on any atom is -0.359 e. The summed E-state index contributed by atoms with van der Waals surface area (Å²) in [6, 6.07) is 21.9. The quantitative estimate of drug-likeness (QED) is 0.245. The van der Waals surface area contributed by atoms with Crippen LogP contribution in [0.2, 0.25) is 0 Å². The maximum atomic E-state index is 12.9. The number of alkyl halides is 3. The Labute approximate surface area is 203 Å². The molecule has 0 N–H and O–H groups in total. The molecule has 0 radical (unpaired) electrons. The van der Waals surface area contributed by atoms with Crippen molar-refractivity contribution >= 4 is 5.57 Å². The molecule has 0 spiro atoms. The van der Waals surface area contributed by atoms with E-state index in [-0.39, 0.29) is 2.85 Å². The summed E-state index contributed by atoms with van der Waals surface area (Å²) in [6.07, 6.45) is -2.28. The van der Waals surface area contributed by atoms with Crippen molar-refractivity contribution in [3.8, 4) is 0 Å². The van der Waals surface area contributed by atoms with Gasteiger partial charge in [-0.3, -0.25) is 0 Å². The highest BCUT2D eigenvalue weighted by Gasteiger charge is 2.30. The molecule has 0 aliphatic rings. The molecular weight excluding hydrogens is 437 g/mol. The molecule has 0 saturated carbocycles. The third-order valence-corrected chi connectivity index (χ3v) is 5.30. The number of hydrogen-bond donors (Lipinski definition) is 0. The number of halogens is 3. The number of hydrogen-bond acceptors (Lipinski definition) is 2. The van der Waals surface area contributed by atoms with Crippen molar-refractivity contribution in [1.82, 2.24) is 0 Å². The Bertz CT molecular complexity index is 1090. The number of benzene rings is 3. The largest absolute Gasteiger partial charge is 0.416 e. The zero-order valence-corrected chi connectivity index (χ0v) is 19.9. The summed E-state index contributed by atoms with van der Waals surface area (Å²) in [6.45, 7) is 6.25. The van der Waals surface area contributed by atoms with Gasteiger partial charge in [-0.25, -0.2) is 0 Å². The fourth-order valence-corrected chi connectivity index (χ4v) is 3.56. The van der Waals surface area contributed by atoms with Crippen molar-refractivity contribution in [1.29, 1.82) is 0 Å². The maximum absolute atomic E-state index is 12.9. The summed E-state index contributed by atoms with van der Waals surface area (Å²) >= 11 is 0. The van der Waals surface area contributed by atoms with E-state index in [0.29, 0.717) is 25.2 Å². The highest BCUT2D eigenvalue weighted by molar-refractivity contribution is 5.67. The number of allylic oxidation sites excluding steroid dienone is 1. The summed E-state index contributed by atoms with van der Waals surface area (Å²) in [7, 11) is 3.17. The molecule has 3 rings (SSSR count). The fraction of sp³-hybridized carbons (Fsp3) is 0.276. The van der Waals surface area contributed by atoms with Gasteiger partial charge in [-0.2, -0.15) is 13.2 Å². The lowest BCUT2D eigenvalue weighted by atomic mass is 9.94. The lowest BCUT2D eigenvalue weighted by Crippen LogP contribution is -2.05. The van der Waals surface area contributed by atoms with Gasteiger partial charge in [0.25, 0.3) is 0 Å². The van der Waals surface area contributed by atoms with Crippen LogP contribution in [0.5, 0.6) is 0 Å². The van der Waals surface area contributed by atoms with E-state index in [9.17, 15) is 13.2 Å². The van der Waals surface area contributed by atoms with Crippen LogP contribution in [0.1, 0.15) is 36.2 Å². The van der Waals surface area contributed by atoms with E-state index in [0.717, 1.165) is 34.8 Å². The molecule has 0 aromatic heterocycles. The summed E-state index contributed by atoms with van der Waals surface area (Å²) in [5, 5.41) is 0. The third-order valence-electron chi connectivity index (χ3n) is 5.30. The van der Waals surface area contributed by atoms with Gasteiger partial charge < -0.3 is 9.47 Å². The van der Waals surface area contributed by atoms with Crippen LogP contribution in [-0.4, -0.2) is 21.0 Å². The molecule has 0 atom stereocenters. The van der Waals surface area contributed by atoms with Crippen LogP contribution in [0.15, 0.2) is 85.1 Å². The van der Waals surface area contributed by atoms with E-state index in [1.807, 2.05) is 37.3 Å².